The van der Waals surface area contributed by atoms with Crippen molar-refractivity contribution in [3.63, 3.8) is 0 Å². The maximum absolute atomic E-state index is 5.79. The van der Waals surface area contributed by atoms with Gasteiger partial charge in [-0.05, 0) is 13.3 Å². The van der Waals surface area contributed by atoms with Gasteiger partial charge < -0.3 is 10.2 Å². The molecule has 0 aliphatic rings. The number of hydrogen-bond acceptors (Lipinski definition) is 4. The first-order valence-electron chi connectivity index (χ1n) is 4.46. The topological polar surface area (TPSA) is 52.0 Å². The number of hydrogen-bond donors (Lipinski definition) is 1. The van der Waals surface area contributed by atoms with Gasteiger partial charge in [-0.25, -0.2) is 4.98 Å². The van der Waals surface area contributed by atoms with Gasteiger partial charge in [-0.15, -0.1) is 0 Å². The fraction of sp³-hybridized carbons (Fsp3) is 0.667. The van der Waals surface area contributed by atoms with Gasteiger partial charge in [-0.1, -0.05) is 6.92 Å². The Hall–Kier alpha value is -0.480. The van der Waals surface area contributed by atoms with Gasteiger partial charge in [0.1, 0.15) is 5.76 Å². The molecule has 0 radical (unpaired) electrons. The van der Waals surface area contributed by atoms with E-state index in [1.807, 2.05) is 18.7 Å². The molecular formula is C9H16N2OS. The molecule has 0 saturated carbocycles. The number of oxazole rings is 1. The van der Waals surface area contributed by atoms with Crippen molar-refractivity contribution in [1.29, 1.82) is 0 Å². The van der Waals surface area contributed by atoms with Crippen molar-refractivity contribution in [3.8, 4) is 0 Å². The van der Waals surface area contributed by atoms with E-state index in [1.54, 1.807) is 0 Å². The van der Waals surface area contributed by atoms with Crippen molar-refractivity contribution in [2.24, 2.45) is 5.73 Å². The Labute approximate surface area is 83.1 Å². The third-order valence-electron chi connectivity index (χ3n) is 1.94. The monoisotopic (exact) mass is 200 g/mol. The summed E-state index contributed by atoms with van der Waals surface area (Å²) in [7, 11) is 0. The largest absolute Gasteiger partial charge is 0.448 e. The Balaban J connectivity index is 2.24. The lowest BCUT2D eigenvalue weighted by Crippen LogP contribution is -2.21. The summed E-state index contributed by atoms with van der Waals surface area (Å²) in [6, 6.07) is 0.303. The molecule has 1 atom stereocenters. The molecule has 1 rings (SSSR count). The van der Waals surface area contributed by atoms with Gasteiger partial charge in [0.2, 0.25) is 0 Å². The Bertz CT molecular complexity index is 250. The quantitative estimate of drug-likeness (QED) is 0.789. The number of rotatable bonds is 5. The third kappa shape index (κ3) is 3.40. The summed E-state index contributed by atoms with van der Waals surface area (Å²) in [4.78, 5) is 4.11. The van der Waals surface area contributed by atoms with Gasteiger partial charge >= 0.3 is 0 Å². The van der Waals surface area contributed by atoms with Crippen LogP contribution in [0.3, 0.4) is 0 Å². The molecule has 0 aromatic carbocycles. The van der Waals surface area contributed by atoms with Crippen LogP contribution in [0.15, 0.2) is 10.8 Å². The molecule has 4 heteroatoms. The molecule has 1 aromatic rings. The summed E-state index contributed by atoms with van der Waals surface area (Å²) in [6.07, 6.45) is 2.52. The van der Waals surface area contributed by atoms with Crippen LogP contribution >= 0.6 is 11.8 Å². The summed E-state index contributed by atoms with van der Waals surface area (Å²) in [6.45, 7) is 4.04. The van der Waals surface area contributed by atoms with Crippen molar-refractivity contribution in [1.82, 2.24) is 4.98 Å². The smallest absolute Gasteiger partial charge is 0.181 e. The van der Waals surface area contributed by atoms with Crippen LogP contribution in [-0.2, 0) is 5.75 Å². The van der Waals surface area contributed by atoms with E-state index >= 15 is 0 Å². The molecule has 0 aliphatic heterocycles. The summed E-state index contributed by atoms with van der Waals surface area (Å²) >= 11 is 1.81. The van der Waals surface area contributed by atoms with Gasteiger partial charge in [0.05, 0.1) is 5.69 Å². The summed E-state index contributed by atoms with van der Waals surface area (Å²) < 4.78 is 5.09. The van der Waals surface area contributed by atoms with Crippen molar-refractivity contribution >= 4 is 11.8 Å². The van der Waals surface area contributed by atoms with Gasteiger partial charge in [0.15, 0.2) is 6.39 Å². The van der Waals surface area contributed by atoms with E-state index in [9.17, 15) is 0 Å². The van der Waals surface area contributed by atoms with Crippen LogP contribution in [0.2, 0.25) is 0 Å². The second-order valence-corrected chi connectivity index (χ2v) is 4.07. The molecule has 0 fully saturated rings. The SMILES string of the molecule is CCC(N)CSCc1ncoc1C. The first-order valence-corrected chi connectivity index (χ1v) is 5.61. The molecule has 3 nitrogen and oxygen atoms in total. The molecule has 1 unspecified atom stereocenters. The highest BCUT2D eigenvalue weighted by Crippen LogP contribution is 2.14. The van der Waals surface area contributed by atoms with E-state index in [0.29, 0.717) is 6.04 Å². The molecule has 1 aromatic heterocycles. The lowest BCUT2D eigenvalue weighted by molar-refractivity contribution is 0.525. The molecule has 13 heavy (non-hydrogen) atoms. The second-order valence-electron chi connectivity index (χ2n) is 3.04. The highest BCUT2D eigenvalue weighted by atomic mass is 32.2. The average Bonchev–Trinajstić information content (AvgIpc) is 2.52. The fourth-order valence-corrected chi connectivity index (χ4v) is 2.02. The lowest BCUT2D eigenvalue weighted by Gasteiger charge is -2.06. The van der Waals surface area contributed by atoms with E-state index in [0.717, 1.165) is 29.4 Å². The van der Waals surface area contributed by atoms with E-state index in [2.05, 4.69) is 11.9 Å². The van der Waals surface area contributed by atoms with Crippen molar-refractivity contribution in [3.05, 3.63) is 17.8 Å². The number of aryl methyl sites for hydroxylation is 1. The van der Waals surface area contributed by atoms with E-state index < -0.39 is 0 Å². The molecule has 0 amide bonds. The number of aromatic nitrogens is 1. The normalized spacial score (nSPS) is 13.2. The van der Waals surface area contributed by atoms with Crippen LogP contribution < -0.4 is 5.73 Å². The van der Waals surface area contributed by atoms with Gasteiger partial charge in [0.25, 0.3) is 0 Å². The molecular weight excluding hydrogens is 184 g/mol. The second kappa shape index (κ2) is 5.29. The molecule has 0 saturated heterocycles. The number of thioether (sulfide) groups is 1. The van der Waals surface area contributed by atoms with Crippen molar-refractivity contribution < 1.29 is 4.42 Å². The van der Waals surface area contributed by atoms with Crippen LogP contribution in [0.25, 0.3) is 0 Å². The molecule has 0 aliphatic carbocycles. The first-order chi connectivity index (χ1) is 6.24. The van der Waals surface area contributed by atoms with Crippen LogP contribution in [-0.4, -0.2) is 16.8 Å². The zero-order valence-electron chi connectivity index (χ0n) is 8.12. The highest BCUT2D eigenvalue weighted by molar-refractivity contribution is 7.98. The minimum atomic E-state index is 0.303. The Morgan fingerprint density at radius 2 is 2.46 bits per heavy atom. The van der Waals surface area contributed by atoms with Gasteiger partial charge in [-0.2, -0.15) is 11.8 Å². The zero-order valence-corrected chi connectivity index (χ0v) is 8.93. The lowest BCUT2D eigenvalue weighted by atomic mass is 10.3. The van der Waals surface area contributed by atoms with Crippen LogP contribution in [0.4, 0.5) is 0 Å². The summed E-state index contributed by atoms with van der Waals surface area (Å²) in [5, 5.41) is 0. The minimum Gasteiger partial charge on any atom is -0.448 e. The molecule has 74 valence electrons. The Kier molecular flexibility index (Phi) is 4.32. The maximum Gasteiger partial charge on any atom is 0.181 e. The maximum atomic E-state index is 5.79. The number of nitrogens with two attached hydrogens (primary N) is 1. The number of nitrogens with zero attached hydrogens (tertiary/aromatic N) is 1. The standard InChI is InChI=1S/C9H16N2OS/c1-3-8(10)4-13-5-9-7(2)12-6-11-9/h6,8H,3-5,10H2,1-2H3. The molecule has 1 heterocycles. The van der Waals surface area contributed by atoms with Gasteiger partial charge in [0, 0.05) is 17.5 Å². The Morgan fingerprint density at radius 3 is 3.00 bits per heavy atom. The van der Waals surface area contributed by atoms with E-state index in [-0.39, 0.29) is 0 Å². The first kappa shape index (κ1) is 10.6. The zero-order chi connectivity index (χ0) is 9.68. The van der Waals surface area contributed by atoms with Crippen molar-refractivity contribution in [2.45, 2.75) is 32.1 Å². The average molecular weight is 200 g/mol. The predicted octanol–water partition coefficient (Wildman–Crippen LogP) is 1.95. The fourth-order valence-electron chi connectivity index (χ4n) is 0.892. The van der Waals surface area contributed by atoms with E-state index in [1.165, 1.54) is 6.39 Å². The molecule has 0 bridgehead atoms. The van der Waals surface area contributed by atoms with Crippen LogP contribution in [0, 0.1) is 6.92 Å². The van der Waals surface area contributed by atoms with Crippen molar-refractivity contribution in [2.75, 3.05) is 5.75 Å². The molecule has 0 spiro atoms. The third-order valence-corrected chi connectivity index (χ3v) is 3.08. The highest BCUT2D eigenvalue weighted by Gasteiger charge is 2.04. The van der Waals surface area contributed by atoms with Gasteiger partial charge in [-0.3, -0.25) is 0 Å². The summed E-state index contributed by atoms with van der Waals surface area (Å²) in [5.41, 5.74) is 6.82. The van der Waals surface area contributed by atoms with E-state index in [4.69, 9.17) is 10.2 Å². The minimum absolute atomic E-state index is 0.303. The summed E-state index contributed by atoms with van der Waals surface area (Å²) in [5.74, 6) is 2.80. The predicted molar refractivity (Wildman–Crippen MR) is 55.7 cm³/mol. The van der Waals surface area contributed by atoms with Crippen LogP contribution in [0.5, 0.6) is 0 Å². The Morgan fingerprint density at radius 1 is 1.69 bits per heavy atom. The molecule has 2 N–H and O–H groups in total. The van der Waals surface area contributed by atoms with Crippen LogP contribution in [0.1, 0.15) is 24.8 Å².